The van der Waals surface area contributed by atoms with E-state index in [1.807, 2.05) is 24.3 Å². The summed E-state index contributed by atoms with van der Waals surface area (Å²) in [6.45, 7) is 3.01. The van der Waals surface area contributed by atoms with Crippen LogP contribution in [-0.4, -0.2) is 23.4 Å². The third-order valence-electron chi connectivity index (χ3n) is 4.63. The van der Waals surface area contributed by atoms with Gasteiger partial charge in [0, 0.05) is 21.6 Å². The fraction of sp³-hybridized carbons (Fsp3) is 0.227. The van der Waals surface area contributed by atoms with Crippen LogP contribution in [0.1, 0.15) is 16.8 Å². The number of rotatable bonds is 9. The normalized spacial score (nSPS) is 11.4. The van der Waals surface area contributed by atoms with Crippen molar-refractivity contribution in [3.8, 4) is 5.75 Å². The van der Waals surface area contributed by atoms with Crippen molar-refractivity contribution < 1.29 is 4.74 Å². The van der Waals surface area contributed by atoms with Gasteiger partial charge >= 0.3 is 0 Å². The van der Waals surface area contributed by atoms with E-state index in [-0.39, 0.29) is 0 Å². The molecular formula is C22H22ClN3OS4. The predicted octanol–water partition coefficient (Wildman–Crippen LogP) is 7.73. The highest BCUT2D eigenvalue weighted by Crippen LogP contribution is 2.39. The molecule has 0 spiro atoms. The summed E-state index contributed by atoms with van der Waals surface area (Å²) in [7, 11) is 3.79. The maximum Gasteiger partial charge on any atom is 0.193 e. The Morgan fingerprint density at radius 3 is 2.77 bits per heavy atom. The monoisotopic (exact) mass is 507 g/mol. The summed E-state index contributed by atoms with van der Waals surface area (Å²) in [5.74, 6) is 1.73. The number of nitrogens with one attached hydrogen (secondary N) is 1. The number of benzene rings is 2. The van der Waals surface area contributed by atoms with Gasteiger partial charge in [-0.15, -0.1) is 22.7 Å². The van der Waals surface area contributed by atoms with Gasteiger partial charge < -0.3 is 9.46 Å². The largest absolute Gasteiger partial charge is 0.497 e. The number of methoxy groups -OCH3 is 1. The Hall–Kier alpha value is -1.42. The quantitative estimate of drug-likeness (QED) is 0.234. The molecule has 2 aromatic carbocycles. The summed E-state index contributed by atoms with van der Waals surface area (Å²) in [5, 5.41) is 5.04. The van der Waals surface area contributed by atoms with Crippen molar-refractivity contribution in [2.75, 3.05) is 18.9 Å². The lowest BCUT2D eigenvalue weighted by Gasteiger charge is -2.15. The van der Waals surface area contributed by atoms with Gasteiger partial charge in [-0.3, -0.25) is 0 Å². The maximum absolute atomic E-state index is 6.15. The van der Waals surface area contributed by atoms with Crippen LogP contribution in [0, 0.1) is 6.92 Å². The van der Waals surface area contributed by atoms with E-state index in [1.54, 1.807) is 53.7 Å². The van der Waals surface area contributed by atoms with Crippen LogP contribution in [0.2, 0.25) is 5.02 Å². The molecule has 0 aliphatic carbocycles. The molecule has 0 aliphatic rings. The van der Waals surface area contributed by atoms with Crippen LogP contribution in [0.25, 0.3) is 10.1 Å². The van der Waals surface area contributed by atoms with E-state index in [0.717, 1.165) is 33.9 Å². The van der Waals surface area contributed by atoms with E-state index in [1.165, 1.54) is 25.4 Å². The summed E-state index contributed by atoms with van der Waals surface area (Å²) < 4.78 is 13.3. The summed E-state index contributed by atoms with van der Waals surface area (Å²) in [6, 6.07) is 14.3. The summed E-state index contributed by atoms with van der Waals surface area (Å²) >= 11 is 13.0. The van der Waals surface area contributed by atoms with Crippen LogP contribution in [0.5, 0.6) is 5.75 Å². The number of nitrogens with zero attached hydrogens (tertiary/aromatic N) is 2. The molecule has 31 heavy (non-hydrogen) atoms. The van der Waals surface area contributed by atoms with Gasteiger partial charge in [0.15, 0.2) is 5.13 Å². The molecule has 2 heterocycles. The molecular weight excluding hydrogens is 486 g/mol. The van der Waals surface area contributed by atoms with Crippen LogP contribution < -0.4 is 9.46 Å². The zero-order valence-corrected chi connectivity index (χ0v) is 21.4. The van der Waals surface area contributed by atoms with Gasteiger partial charge in [-0.25, -0.2) is 9.29 Å². The molecule has 4 aromatic rings. The van der Waals surface area contributed by atoms with Crippen molar-refractivity contribution in [3.63, 3.8) is 0 Å². The number of fused-ring (bicyclic) bond motifs is 1. The molecule has 0 saturated heterocycles. The number of thiazole rings is 1. The number of aromatic nitrogens is 1. The van der Waals surface area contributed by atoms with E-state index in [2.05, 4.69) is 46.6 Å². The number of halogens is 1. The van der Waals surface area contributed by atoms with Gasteiger partial charge in [0.25, 0.3) is 0 Å². The lowest BCUT2D eigenvalue weighted by atomic mass is 10.2. The number of hydrogen-bond donors (Lipinski definition) is 1. The Kier molecular flexibility index (Phi) is 7.68. The topological polar surface area (TPSA) is 37.4 Å². The first-order chi connectivity index (χ1) is 15.0. The van der Waals surface area contributed by atoms with E-state index >= 15 is 0 Å². The predicted molar refractivity (Wildman–Crippen MR) is 139 cm³/mol. The van der Waals surface area contributed by atoms with Crippen LogP contribution >= 0.6 is 58.2 Å². The second-order valence-electron chi connectivity index (χ2n) is 6.91. The first kappa shape index (κ1) is 22.8. The Morgan fingerprint density at radius 2 is 2.00 bits per heavy atom. The molecule has 0 amide bonds. The second-order valence-corrected chi connectivity index (χ2v) is 11.5. The SMILES string of the molecule is COc1ccc(CN(C)SCc2csc(NSc3sc4ccc(Cl)cc4c3C)n2)cc1. The van der Waals surface area contributed by atoms with Gasteiger partial charge in [-0.2, -0.15) is 0 Å². The van der Waals surface area contributed by atoms with Gasteiger partial charge in [0.1, 0.15) is 5.75 Å². The average molecular weight is 508 g/mol. The molecule has 0 unspecified atom stereocenters. The first-order valence-electron chi connectivity index (χ1n) is 9.54. The highest BCUT2D eigenvalue weighted by Gasteiger charge is 2.11. The molecule has 0 aliphatic heterocycles. The number of aryl methyl sites for hydroxylation is 1. The third kappa shape index (κ3) is 5.88. The third-order valence-corrected chi connectivity index (χ3v) is 9.15. The van der Waals surface area contributed by atoms with Crippen LogP contribution in [-0.2, 0) is 12.3 Å². The van der Waals surface area contributed by atoms with E-state index in [4.69, 9.17) is 21.3 Å². The van der Waals surface area contributed by atoms with E-state index < -0.39 is 0 Å². The van der Waals surface area contributed by atoms with Crippen molar-refractivity contribution in [1.82, 2.24) is 9.29 Å². The van der Waals surface area contributed by atoms with E-state index in [9.17, 15) is 0 Å². The zero-order chi connectivity index (χ0) is 21.8. The number of ether oxygens (including phenoxy) is 1. The molecule has 4 rings (SSSR count). The van der Waals surface area contributed by atoms with Gasteiger partial charge in [0.05, 0.1) is 22.8 Å². The molecule has 4 nitrogen and oxygen atoms in total. The van der Waals surface area contributed by atoms with E-state index in [0.29, 0.717) is 0 Å². The molecule has 0 fully saturated rings. The van der Waals surface area contributed by atoms with Crippen molar-refractivity contribution in [1.29, 1.82) is 0 Å². The standard InChI is InChI=1S/C22H22ClN3OS4/c1-14-19-10-16(23)6-9-20(19)30-21(14)31-25-22-24-17(12-28-22)13-29-26(2)11-15-4-7-18(27-3)8-5-15/h4-10,12H,11,13H2,1-3H3,(H,24,25). The highest BCUT2D eigenvalue weighted by molar-refractivity contribution is 8.02. The Morgan fingerprint density at radius 1 is 1.19 bits per heavy atom. The molecule has 9 heteroatoms. The average Bonchev–Trinajstić information content (AvgIpc) is 3.36. The van der Waals surface area contributed by atoms with Crippen LogP contribution in [0.4, 0.5) is 5.13 Å². The van der Waals surface area contributed by atoms with Gasteiger partial charge in [-0.1, -0.05) is 35.7 Å². The van der Waals surface area contributed by atoms with Crippen LogP contribution in [0.15, 0.2) is 52.1 Å². The van der Waals surface area contributed by atoms with Crippen LogP contribution in [0.3, 0.4) is 0 Å². The van der Waals surface area contributed by atoms with Crippen molar-refractivity contribution >= 4 is 73.4 Å². The van der Waals surface area contributed by atoms with Crippen molar-refractivity contribution in [3.05, 3.63) is 69.7 Å². The fourth-order valence-corrected chi connectivity index (χ4v) is 6.85. The molecule has 162 valence electrons. The number of hydrogen-bond acceptors (Lipinski definition) is 8. The molecule has 0 radical (unpaired) electrons. The van der Waals surface area contributed by atoms with Gasteiger partial charge in [0.2, 0.25) is 0 Å². The Balaban J connectivity index is 1.28. The first-order valence-corrected chi connectivity index (χ1v) is 13.4. The minimum atomic E-state index is 0.775. The zero-order valence-electron chi connectivity index (χ0n) is 17.3. The Labute approximate surface area is 204 Å². The smallest absolute Gasteiger partial charge is 0.193 e. The minimum Gasteiger partial charge on any atom is -0.497 e. The molecule has 2 aromatic heterocycles. The summed E-state index contributed by atoms with van der Waals surface area (Å²) in [4.78, 5) is 4.73. The summed E-state index contributed by atoms with van der Waals surface area (Å²) in [6.07, 6.45) is 0. The fourth-order valence-electron chi connectivity index (χ4n) is 2.99. The maximum atomic E-state index is 6.15. The molecule has 0 bridgehead atoms. The van der Waals surface area contributed by atoms with Crippen molar-refractivity contribution in [2.24, 2.45) is 0 Å². The number of anilines is 1. The molecule has 0 saturated carbocycles. The van der Waals surface area contributed by atoms with Crippen molar-refractivity contribution in [2.45, 2.75) is 23.4 Å². The molecule has 1 N–H and O–H groups in total. The number of thiophene rings is 1. The Bertz CT molecular complexity index is 1160. The summed E-state index contributed by atoms with van der Waals surface area (Å²) in [5.41, 5.74) is 3.60. The minimum absolute atomic E-state index is 0.775. The molecule has 0 atom stereocenters. The lowest BCUT2D eigenvalue weighted by Crippen LogP contribution is -2.09. The lowest BCUT2D eigenvalue weighted by molar-refractivity contribution is 0.414. The van der Waals surface area contributed by atoms with Gasteiger partial charge in [-0.05, 0) is 72.8 Å². The highest BCUT2D eigenvalue weighted by atomic mass is 35.5. The second kappa shape index (κ2) is 10.5.